The third-order valence-electron chi connectivity index (χ3n) is 1.66. The number of aliphatic hydroxyl groups excluding tert-OH is 2. The van der Waals surface area contributed by atoms with Crippen LogP contribution in [0.4, 0.5) is 0 Å². The maximum Gasteiger partial charge on any atom is 0.0796 e. The minimum absolute atomic E-state index is 0.560. The lowest BCUT2D eigenvalue weighted by Gasteiger charge is -2.14. The van der Waals surface area contributed by atoms with Crippen molar-refractivity contribution in [3.05, 3.63) is 0 Å². The Balaban J connectivity index is 3.24. The van der Waals surface area contributed by atoms with Crippen molar-refractivity contribution in [2.24, 2.45) is 0 Å². The monoisotopic (exact) mass is 161 g/mol. The fourth-order valence-corrected chi connectivity index (χ4v) is 0.858. The van der Waals surface area contributed by atoms with Gasteiger partial charge in [0, 0.05) is 0 Å². The van der Waals surface area contributed by atoms with Gasteiger partial charge in [0.2, 0.25) is 0 Å². The molecule has 3 nitrogen and oxygen atoms in total. The minimum atomic E-state index is -0.600. The highest BCUT2D eigenvalue weighted by Crippen LogP contribution is 2.01. The lowest BCUT2D eigenvalue weighted by molar-refractivity contribution is 0.0241. The van der Waals surface area contributed by atoms with E-state index in [2.05, 4.69) is 4.90 Å². The predicted molar refractivity (Wildman–Crippen MR) is 45.5 cm³/mol. The van der Waals surface area contributed by atoms with Crippen molar-refractivity contribution in [3.8, 4) is 0 Å². The third kappa shape index (κ3) is 6.28. The molecule has 0 aliphatic carbocycles. The molecule has 0 amide bonds. The van der Waals surface area contributed by atoms with Gasteiger partial charge in [-0.2, -0.15) is 0 Å². The van der Waals surface area contributed by atoms with E-state index >= 15 is 0 Å². The Labute approximate surface area is 68.6 Å². The summed E-state index contributed by atoms with van der Waals surface area (Å²) in [5.74, 6) is 0. The summed E-state index contributed by atoms with van der Waals surface area (Å²) in [6.07, 6.45) is 0.446. The van der Waals surface area contributed by atoms with Crippen molar-refractivity contribution in [1.29, 1.82) is 0 Å². The molecule has 0 aromatic carbocycles. The quantitative estimate of drug-likeness (QED) is 0.599. The summed E-state index contributed by atoms with van der Waals surface area (Å²) in [5.41, 5.74) is 0. The van der Waals surface area contributed by atoms with Crippen LogP contribution < -0.4 is 0 Å². The van der Waals surface area contributed by atoms with E-state index in [-0.39, 0.29) is 0 Å². The molecule has 0 aromatic rings. The van der Waals surface area contributed by atoms with Crippen LogP contribution in [0.3, 0.4) is 0 Å². The highest BCUT2D eigenvalue weighted by molar-refractivity contribution is 4.62. The molecular weight excluding hydrogens is 142 g/mol. The minimum Gasteiger partial charge on any atom is -0.391 e. The van der Waals surface area contributed by atoms with Crippen molar-refractivity contribution >= 4 is 0 Å². The van der Waals surface area contributed by atoms with Crippen LogP contribution in [0.5, 0.6) is 0 Å². The fraction of sp³-hybridized carbons (Fsp3) is 1.00. The molecule has 0 heterocycles. The van der Waals surface area contributed by atoms with E-state index in [1.807, 2.05) is 14.1 Å². The number of hydrogen-bond donors (Lipinski definition) is 2. The molecule has 3 heteroatoms. The summed E-state index contributed by atoms with van der Waals surface area (Å²) in [6, 6.07) is 0. The van der Waals surface area contributed by atoms with Gasteiger partial charge in [0.15, 0.2) is 0 Å². The second kappa shape index (κ2) is 5.52. The molecule has 0 rings (SSSR count). The standard InChI is InChI=1S/C8H19NO2/c1-7(10)8(11)5-4-6-9(2)3/h7-8,10-11H,4-6H2,1-3H3/t7-,8-/m1/s1. The molecule has 0 aromatic heterocycles. The van der Waals surface area contributed by atoms with Crippen molar-refractivity contribution in [2.45, 2.75) is 32.0 Å². The van der Waals surface area contributed by atoms with Gasteiger partial charge in [0.25, 0.3) is 0 Å². The van der Waals surface area contributed by atoms with Crippen LogP contribution in [-0.4, -0.2) is 48.0 Å². The van der Waals surface area contributed by atoms with Crippen LogP contribution in [0.15, 0.2) is 0 Å². The Hall–Kier alpha value is -0.120. The Morgan fingerprint density at radius 2 is 1.82 bits per heavy atom. The van der Waals surface area contributed by atoms with Gasteiger partial charge in [-0.15, -0.1) is 0 Å². The molecule has 0 saturated carbocycles. The summed E-state index contributed by atoms with van der Waals surface area (Å²) < 4.78 is 0. The molecule has 68 valence electrons. The maximum absolute atomic E-state index is 9.17. The van der Waals surface area contributed by atoms with Gasteiger partial charge < -0.3 is 15.1 Å². The van der Waals surface area contributed by atoms with Crippen molar-refractivity contribution in [1.82, 2.24) is 4.90 Å². The average Bonchev–Trinajstić information content (AvgIpc) is 1.86. The number of rotatable bonds is 5. The predicted octanol–water partition coefficient (Wildman–Crippen LogP) is 0.0699. The fourth-order valence-electron chi connectivity index (χ4n) is 0.858. The molecule has 0 aliphatic rings. The van der Waals surface area contributed by atoms with E-state index in [0.29, 0.717) is 6.42 Å². The van der Waals surface area contributed by atoms with Gasteiger partial charge in [-0.25, -0.2) is 0 Å². The zero-order valence-corrected chi connectivity index (χ0v) is 7.62. The van der Waals surface area contributed by atoms with Gasteiger partial charge in [-0.05, 0) is 40.4 Å². The third-order valence-corrected chi connectivity index (χ3v) is 1.66. The first kappa shape index (κ1) is 10.9. The Bertz CT molecular complexity index is 94.1. The maximum atomic E-state index is 9.17. The molecular formula is C8H19NO2. The Morgan fingerprint density at radius 3 is 2.18 bits per heavy atom. The van der Waals surface area contributed by atoms with Crippen LogP contribution in [0.2, 0.25) is 0 Å². The van der Waals surface area contributed by atoms with Gasteiger partial charge in [0.1, 0.15) is 0 Å². The number of nitrogens with zero attached hydrogens (tertiary/aromatic N) is 1. The normalized spacial score (nSPS) is 16.9. The summed E-state index contributed by atoms with van der Waals surface area (Å²) in [5, 5.41) is 18.1. The first-order chi connectivity index (χ1) is 5.04. The van der Waals surface area contributed by atoms with E-state index in [1.165, 1.54) is 0 Å². The zero-order valence-electron chi connectivity index (χ0n) is 7.62. The summed E-state index contributed by atoms with van der Waals surface area (Å²) in [7, 11) is 3.99. The van der Waals surface area contributed by atoms with E-state index in [4.69, 9.17) is 5.11 Å². The largest absolute Gasteiger partial charge is 0.391 e. The second-order valence-electron chi connectivity index (χ2n) is 3.25. The lowest BCUT2D eigenvalue weighted by Crippen LogP contribution is -2.24. The average molecular weight is 161 g/mol. The van der Waals surface area contributed by atoms with Crippen molar-refractivity contribution in [2.75, 3.05) is 20.6 Å². The molecule has 0 fully saturated rings. The smallest absolute Gasteiger partial charge is 0.0796 e. The highest BCUT2D eigenvalue weighted by Gasteiger charge is 2.09. The van der Waals surface area contributed by atoms with Gasteiger partial charge >= 0.3 is 0 Å². The SMILES string of the molecule is C[C@@H](O)[C@H](O)CCCN(C)C. The molecule has 0 bridgehead atoms. The second-order valence-corrected chi connectivity index (χ2v) is 3.25. The first-order valence-corrected chi connectivity index (χ1v) is 4.05. The molecule has 2 atom stereocenters. The summed E-state index contributed by atoms with van der Waals surface area (Å²) in [4.78, 5) is 2.06. The molecule has 0 spiro atoms. The molecule has 11 heavy (non-hydrogen) atoms. The number of hydrogen-bond acceptors (Lipinski definition) is 3. The lowest BCUT2D eigenvalue weighted by atomic mass is 10.1. The van der Waals surface area contributed by atoms with Crippen LogP contribution in [0.25, 0.3) is 0 Å². The molecule has 0 unspecified atom stereocenters. The van der Waals surface area contributed by atoms with Crippen LogP contribution in [0, 0.1) is 0 Å². The Morgan fingerprint density at radius 1 is 1.27 bits per heavy atom. The van der Waals surface area contributed by atoms with Gasteiger partial charge in [-0.3, -0.25) is 0 Å². The zero-order chi connectivity index (χ0) is 8.85. The van der Waals surface area contributed by atoms with Crippen LogP contribution >= 0.6 is 0 Å². The van der Waals surface area contributed by atoms with Crippen molar-refractivity contribution in [3.63, 3.8) is 0 Å². The van der Waals surface area contributed by atoms with Crippen LogP contribution in [0.1, 0.15) is 19.8 Å². The summed E-state index contributed by atoms with van der Waals surface area (Å²) >= 11 is 0. The van der Waals surface area contributed by atoms with Gasteiger partial charge in [0.05, 0.1) is 12.2 Å². The Kier molecular flexibility index (Phi) is 5.46. The summed E-state index contributed by atoms with van der Waals surface area (Å²) in [6.45, 7) is 2.57. The molecule has 0 aliphatic heterocycles. The van der Waals surface area contributed by atoms with Crippen molar-refractivity contribution < 1.29 is 10.2 Å². The molecule has 0 saturated heterocycles. The van der Waals surface area contributed by atoms with E-state index in [0.717, 1.165) is 13.0 Å². The van der Waals surface area contributed by atoms with Crippen LogP contribution in [-0.2, 0) is 0 Å². The topological polar surface area (TPSA) is 43.7 Å². The van der Waals surface area contributed by atoms with E-state index in [9.17, 15) is 5.11 Å². The first-order valence-electron chi connectivity index (χ1n) is 4.05. The molecule has 2 N–H and O–H groups in total. The molecule has 0 radical (unpaired) electrons. The number of aliphatic hydroxyl groups is 2. The van der Waals surface area contributed by atoms with Gasteiger partial charge in [-0.1, -0.05) is 0 Å². The van der Waals surface area contributed by atoms with E-state index < -0.39 is 12.2 Å². The van der Waals surface area contributed by atoms with E-state index in [1.54, 1.807) is 6.92 Å². The highest BCUT2D eigenvalue weighted by atomic mass is 16.3.